The molecule has 0 bridgehead atoms. The molecule has 0 spiro atoms. The van der Waals surface area contributed by atoms with E-state index in [1.807, 2.05) is 12.1 Å². The highest BCUT2D eigenvalue weighted by atomic mass is 19.1. The summed E-state index contributed by atoms with van der Waals surface area (Å²) >= 11 is 0. The predicted octanol–water partition coefficient (Wildman–Crippen LogP) is 1.96. The smallest absolute Gasteiger partial charge is 0.276 e. The number of nitrogens with one attached hydrogen (secondary N) is 1. The van der Waals surface area contributed by atoms with Crippen molar-refractivity contribution in [3.8, 4) is 0 Å². The zero-order chi connectivity index (χ0) is 19.8. The van der Waals surface area contributed by atoms with Crippen LogP contribution in [0.1, 0.15) is 22.6 Å². The fourth-order valence-electron chi connectivity index (χ4n) is 3.49. The lowest BCUT2D eigenvalue weighted by Gasteiger charge is -2.21. The number of imidazole rings is 1. The number of rotatable bonds is 4. The van der Waals surface area contributed by atoms with Gasteiger partial charge in [-0.25, -0.2) is 13.9 Å². The number of anilines is 2. The second-order valence-electron chi connectivity index (χ2n) is 7.17. The van der Waals surface area contributed by atoms with Crippen molar-refractivity contribution >= 4 is 23.1 Å². The summed E-state index contributed by atoms with van der Waals surface area (Å²) in [6.45, 7) is 3.52. The summed E-state index contributed by atoms with van der Waals surface area (Å²) in [5.74, 6) is -0.270. The van der Waals surface area contributed by atoms with Gasteiger partial charge in [-0.05, 0) is 45.6 Å². The van der Waals surface area contributed by atoms with E-state index in [9.17, 15) is 9.18 Å². The summed E-state index contributed by atoms with van der Waals surface area (Å²) in [5, 5.41) is 7.23. The first-order valence-electron chi connectivity index (χ1n) is 9.12. The van der Waals surface area contributed by atoms with Gasteiger partial charge in [-0.2, -0.15) is 0 Å². The van der Waals surface area contributed by atoms with Crippen molar-refractivity contribution in [1.29, 1.82) is 0 Å². The Hall–Kier alpha value is -3.07. The maximum absolute atomic E-state index is 13.9. The topological polar surface area (TPSA) is 78.7 Å². The van der Waals surface area contributed by atoms with Gasteiger partial charge < -0.3 is 15.1 Å². The van der Waals surface area contributed by atoms with Crippen LogP contribution in [0, 0.1) is 12.7 Å². The van der Waals surface area contributed by atoms with Gasteiger partial charge in [0.05, 0.1) is 17.6 Å². The molecule has 0 saturated carbocycles. The maximum atomic E-state index is 13.9. The number of hydrogen-bond donors (Lipinski definition) is 1. The molecular formula is C19H22FN7O. The minimum atomic E-state index is -0.595. The molecule has 4 heterocycles. The lowest BCUT2D eigenvalue weighted by molar-refractivity contribution is 0.101. The Balaban J connectivity index is 1.66. The maximum Gasteiger partial charge on any atom is 0.276 e. The lowest BCUT2D eigenvalue weighted by atomic mass is 10.2. The Morgan fingerprint density at radius 1 is 1.32 bits per heavy atom. The molecule has 1 aliphatic heterocycles. The van der Waals surface area contributed by atoms with Crippen molar-refractivity contribution in [2.45, 2.75) is 19.4 Å². The number of carbonyl (C=O) groups is 1. The first kappa shape index (κ1) is 18.3. The number of pyridine rings is 1. The number of aromatic nitrogens is 4. The molecule has 1 atom stereocenters. The second kappa shape index (κ2) is 7.16. The summed E-state index contributed by atoms with van der Waals surface area (Å²) in [7, 11) is 4.15. The minimum absolute atomic E-state index is 0.0684. The SMILES string of the molecule is Cc1nc2ccc(N3CC[C@H](N(C)C)C3)nn2c1C(=O)Nc1ccncc1F. The fourth-order valence-corrected chi connectivity index (χ4v) is 3.49. The quantitative estimate of drug-likeness (QED) is 0.742. The Bertz CT molecular complexity index is 1030. The average Bonchev–Trinajstić information content (AvgIpc) is 3.27. The molecule has 1 N–H and O–H groups in total. The summed E-state index contributed by atoms with van der Waals surface area (Å²) in [5.41, 5.74) is 1.46. The van der Waals surface area contributed by atoms with E-state index in [-0.39, 0.29) is 11.4 Å². The van der Waals surface area contributed by atoms with Crippen molar-refractivity contribution in [3.63, 3.8) is 0 Å². The van der Waals surface area contributed by atoms with Gasteiger partial charge in [0.15, 0.2) is 17.2 Å². The number of nitrogens with zero attached hydrogens (tertiary/aromatic N) is 6. The summed E-state index contributed by atoms with van der Waals surface area (Å²) in [6.07, 6.45) is 3.54. The molecule has 0 unspecified atom stereocenters. The van der Waals surface area contributed by atoms with Gasteiger partial charge in [0.25, 0.3) is 5.91 Å². The molecule has 0 aromatic carbocycles. The van der Waals surface area contributed by atoms with Crippen LogP contribution in [0.2, 0.25) is 0 Å². The van der Waals surface area contributed by atoms with E-state index in [1.54, 1.807) is 6.92 Å². The van der Waals surface area contributed by atoms with Gasteiger partial charge in [0.2, 0.25) is 0 Å². The van der Waals surface area contributed by atoms with Crippen LogP contribution >= 0.6 is 0 Å². The number of amides is 1. The van der Waals surface area contributed by atoms with Crippen molar-refractivity contribution < 1.29 is 9.18 Å². The number of fused-ring (bicyclic) bond motifs is 1. The second-order valence-corrected chi connectivity index (χ2v) is 7.17. The lowest BCUT2D eigenvalue weighted by Crippen LogP contribution is -2.32. The first-order chi connectivity index (χ1) is 13.4. The Morgan fingerprint density at radius 3 is 2.86 bits per heavy atom. The molecule has 1 amide bonds. The van der Waals surface area contributed by atoms with Gasteiger partial charge in [-0.15, -0.1) is 5.10 Å². The summed E-state index contributed by atoms with van der Waals surface area (Å²) in [6, 6.07) is 5.65. The van der Waals surface area contributed by atoms with Gasteiger partial charge in [0, 0.05) is 25.3 Å². The Labute approximate surface area is 162 Å². The van der Waals surface area contributed by atoms with Crippen LogP contribution in [0.3, 0.4) is 0 Å². The van der Waals surface area contributed by atoms with E-state index < -0.39 is 11.7 Å². The standard InChI is InChI=1S/C19H22FN7O/c1-12-18(19(28)23-15-6-8-21-10-14(15)20)27-16(22-12)4-5-17(24-27)26-9-7-13(11-26)25(2)3/h4-6,8,10,13H,7,9,11H2,1-3H3,(H,21,23,28)/t13-/m0/s1. The predicted molar refractivity (Wildman–Crippen MR) is 104 cm³/mol. The highest BCUT2D eigenvalue weighted by Crippen LogP contribution is 2.22. The molecule has 1 saturated heterocycles. The van der Waals surface area contributed by atoms with Crippen LogP contribution in [0.25, 0.3) is 5.65 Å². The molecule has 1 aliphatic rings. The molecule has 8 nitrogen and oxygen atoms in total. The Kier molecular flexibility index (Phi) is 4.68. The first-order valence-corrected chi connectivity index (χ1v) is 9.12. The normalized spacial score (nSPS) is 16.9. The van der Waals surface area contributed by atoms with Gasteiger partial charge in [-0.1, -0.05) is 0 Å². The number of aryl methyl sites for hydroxylation is 1. The largest absolute Gasteiger partial charge is 0.354 e. The zero-order valence-electron chi connectivity index (χ0n) is 16.1. The molecule has 9 heteroatoms. The van der Waals surface area contributed by atoms with Crippen molar-refractivity contribution in [2.75, 3.05) is 37.4 Å². The van der Waals surface area contributed by atoms with Gasteiger partial charge >= 0.3 is 0 Å². The number of hydrogen-bond acceptors (Lipinski definition) is 6. The van der Waals surface area contributed by atoms with Crippen molar-refractivity contribution in [1.82, 2.24) is 24.5 Å². The van der Waals surface area contributed by atoms with Crippen LogP contribution in [0.15, 0.2) is 30.6 Å². The molecule has 3 aromatic heterocycles. The molecule has 146 valence electrons. The van der Waals surface area contributed by atoms with E-state index in [4.69, 9.17) is 0 Å². The van der Waals surface area contributed by atoms with Crippen LogP contribution in [-0.4, -0.2) is 63.6 Å². The van der Waals surface area contributed by atoms with E-state index >= 15 is 0 Å². The number of halogens is 1. The third-order valence-corrected chi connectivity index (χ3v) is 5.09. The zero-order valence-corrected chi connectivity index (χ0v) is 16.1. The third-order valence-electron chi connectivity index (χ3n) is 5.09. The van der Waals surface area contributed by atoms with E-state index in [2.05, 4.69) is 44.3 Å². The fraction of sp³-hybridized carbons (Fsp3) is 0.368. The summed E-state index contributed by atoms with van der Waals surface area (Å²) < 4.78 is 15.4. The molecule has 1 fully saturated rings. The highest BCUT2D eigenvalue weighted by molar-refractivity contribution is 6.04. The molecular weight excluding hydrogens is 361 g/mol. The van der Waals surface area contributed by atoms with Crippen LogP contribution < -0.4 is 10.2 Å². The number of carbonyl (C=O) groups excluding carboxylic acids is 1. The monoisotopic (exact) mass is 383 g/mol. The van der Waals surface area contributed by atoms with Gasteiger partial charge in [0.1, 0.15) is 5.82 Å². The van der Waals surface area contributed by atoms with E-state index in [0.29, 0.717) is 17.4 Å². The van der Waals surface area contributed by atoms with E-state index in [1.165, 1.54) is 16.8 Å². The summed E-state index contributed by atoms with van der Waals surface area (Å²) in [4.78, 5) is 25.3. The molecule has 3 aromatic rings. The van der Waals surface area contributed by atoms with Crippen LogP contribution in [0.4, 0.5) is 15.9 Å². The van der Waals surface area contributed by atoms with Gasteiger partial charge in [-0.3, -0.25) is 9.78 Å². The van der Waals surface area contributed by atoms with Crippen LogP contribution in [0.5, 0.6) is 0 Å². The third kappa shape index (κ3) is 3.29. The van der Waals surface area contributed by atoms with Crippen molar-refractivity contribution in [2.24, 2.45) is 0 Å². The van der Waals surface area contributed by atoms with E-state index in [0.717, 1.165) is 31.5 Å². The highest BCUT2D eigenvalue weighted by Gasteiger charge is 2.26. The van der Waals surface area contributed by atoms with Crippen LogP contribution in [-0.2, 0) is 0 Å². The average molecular weight is 383 g/mol. The molecule has 0 aliphatic carbocycles. The number of likely N-dealkylation sites (N-methyl/N-ethyl adjacent to an activating group) is 1. The molecule has 28 heavy (non-hydrogen) atoms. The Morgan fingerprint density at radius 2 is 2.14 bits per heavy atom. The molecule has 4 rings (SSSR count). The molecule has 0 radical (unpaired) electrons. The van der Waals surface area contributed by atoms with Crippen molar-refractivity contribution in [3.05, 3.63) is 47.8 Å². The minimum Gasteiger partial charge on any atom is -0.354 e.